The SMILES string of the molecule is COC(=O)NS(=O)(=O)N1CC(C)C(C(=O)OC)C1. The maximum absolute atomic E-state index is 11.8. The lowest BCUT2D eigenvalue weighted by molar-refractivity contribution is -0.145. The maximum Gasteiger partial charge on any atom is 0.421 e. The van der Waals surface area contributed by atoms with E-state index in [1.54, 1.807) is 11.6 Å². The lowest BCUT2D eigenvalue weighted by atomic mass is 9.99. The molecule has 0 aromatic carbocycles. The second-order valence-corrected chi connectivity index (χ2v) is 5.69. The molecule has 1 rings (SSSR count). The Morgan fingerprint density at radius 1 is 1.22 bits per heavy atom. The van der Waals surface area contributed by atoms with Gasteiger partial charge < -0.3 is 9.47 Å². The van der Waals surface area contributed by atoms with Gasteiger partial charge in [-0.15, -0.1) is 0 Å². The minimum atomic E-state index is -3.98. The Morgan fingerprint density at radius 2 is 1.83 bits per heavy atom. The topological polar surface area (TPSA) is 102 Å². The summed E-state index contributed by atoms with van der Waals surface area (Å²) in [5.74, 6) is -1.16. The van der Waals surface area contributed by atoms with E-state index in [-0.39, 0.29) is 19.0 Å². The average Bonchev–Trinajstić information content (AvgIpc) is 2.70. The molecule has 8 nitrogen and oxygen atoms in total. The summed E-state index contributed by atoms with van der Waals surface area (Å²) in [4.78, 5) is 22.3. The number of amides is 1. The van der Waals surface area contributed by atoms with Crippen LogP contribution in [0.4, 0.5) is 4.79 Å². The summed E-state index contributed by atoms with van der Waals surface area (Å²) in [5.41, 5.74) is 0. The predicted molar refractivity (Wildman–Crippen MR) is 60.7 cm³/mol. The van der Waals surface area contributed by atoms with E-state index < -0.39 is 28.2 Å². The van der Waals surface area contributed by atoms with Crippen molar-refractivity contribution in [3.8, 4) is 0 Å². The Hall–Kier alpha value is -1.35. The van der Waals surface area contributed by atoms with Crippen molar-refractivity contribution >= 4 is 22.3 Å². The fourth-order valence-electron chi connectivity index (χ4n) is 1.79. The molecule has 18 heavy (non-hydrogen) atoms. The van der Waals surface area contributed by atoms with Crippen LogP contribution in [0.25, 0.3) is 0 Å². The summed E-state index contributed by atoms with van der Waals surface area (Å²) < 4.78 is 35.1. The lowest BCUT2D eigenvalue weighted by Gasteiger charge is -2.15. The van der Waals surface area contributed by atoms with E-state index >= 15 is 0 Å². The molecular formula is C9H16N2O6S. The van der Waals surface area contributed by atoms with E-state index in [9.17, 15) is 18.0 Å². The van der Waals surface area contributed by atoms with Crippen molar-refractivity contribution < 1.29 is 27.5 Å². The average molecular weight is 280 g/mol. The third kappa shape index (κ3) is 3.10. The van der Waals surface area contributed by atoms with Gasteiger partial charge in [0.15, 0.2) is 0 Å². The molecule has 0 aromatic heterocycles. The van der Waals surface area contributed by atoms with Gasteiger partial charge in [-0.25, -0.2) is 9.52 Å². The van der Waals surface area contributed by atoms with E-state index in [0.29, 0.717) is 0 Å². The van der Waals surface area contributed by atoms with Gasteiger partial charge in [-0.3, -0.25) is 4.79 Å². The minimum absolute atomic E-state index is 0.0137. The maximum atomic E-state index is 11.8. The van der Waals surface area contributed by atoms with Crippen LogP contribution < -0.4 is 4.72 Å². The molecule has 1 heterocycles. The van der Waals surface area contributed by atoms with Gasteiger partial charge in [0, 0.05) is 13.1 Å². The van der Waals surface area contributed by atoms with Gasteiger partial charge in [-0.1, -0.05) is 6.92 Å². The molecule has 1 fully saturated rings. The van der Waals surface area contributed by atoms with Crippen LogP contribution in [0.15, 0.2) is 0 Å². The van der Waals surface area contributed by atoms with Crippen LogP contribution in [0.5, 0.6) is 0 Å². The van der Waals surface area contributed by atoms with Crippen LogP contribution in [0.1, 0.15) is 6.92 Å². The van der Waals surface area contributed by atoms with Crippen LogP contribution in [-0.4, -0.2) is 52.1 Å². The van der Waals surface area contributed by atoms with Gasteiger partial charge in [0.1, 0.15) is 0 Å². The number of carbonyl (C=O) groups excluding carboxylic acids is 2. The fourth-order valence-corrected chi connectivity index (χ4v) is 3.00. The Balaban J connectivity index is 2.76. The van der Waals surface area contributed by atoms with E-state index in [2.05, 4.69) is 9.47 Å². The van der Waals surface area contributed by atoms with Crippen molar-refractivity contribution in [2.45, 2.75) is 6.92 Å². The number of ether oxygens (including phenoxy) is 2. The quantitative estimate of drug-likeness (QED) is 0.688. The second kappa shape index (κ2) is 5.53. The monoisotopic (exact) mass is 280 g/mol. The summed E-state index contributed by atoms with van der Waals surface area (Å²) in [5, 5.41) is 0. The number of rotatable bonds is 3. The van der Waals surface area contributed by atoms with Crippen LogP contribution in [-0.2, 0) is 24.5 Å². The zero-order valence-corrected chi connectivity index (χ0v) is 11.2. The van der Waals surface area contributed by atoms with Crippen molar-refractivity contribution in [2.75, 3.05) is 27.3 Å². The Bertz CT molecular complexity index is 434. The van der Waals surface area contributed by atoms with Crippen LogP contribution in [0.3, 0.4) is 0 Å². The highest BCUT2D eigenvalue weighted by atomic mass is 32.2. The van der Waals surface area contributed by atoms with Gasteiger partial charge in [0.05, 0.1) is 20.1 Å². The smallest absolute Gasteiger partial charge is 0.421 e. The lowest BCUT2D eigenvalue weighted by Crippen LogP contribution is -2.42. The molecule has 0 aliphatic carbocycles. The second-order valence-electron chi connectivity index (χ2n) is 4.02. The van der Waals surface area contributed by atoms with E-state index in [1.807, 2.05) is 0 Å². The van der Waals surface area contributed by atoms with E-state index in [4.69, 9.17) is 0 Å². The van der Waals surface area contributed by atoms with Crippen molar-refractivity contribution in [1.82, 2.24) is 9.03 Å². The third-order valence-electron chi connectivity index (χ3n) is 2.82. The van der Waals surface area contributed by atoms with Crippen molar-refractivity contribution in [1.29, 1.82) is 0 Å². The van der Waals surface area contributed by atoms with E-state index in [0.717, 1.165) is 11.4 Å². The molecule has 0 spiro atoms. The third-order valence-corrected chi connectivity index (χ3v) is 4.22. The van der Waals surface area contributed by atoms with Crippen LogP contribution >= 0.6 is 0 Å². The van der Waals surface area contributed by atoms with Gasteiger partial charge >= 0.3 is 22.3 Å². The molecule has 2 atom stereocenters. The molecule has 0 radical (unpaired) electrons. The predicted octanol–water partition coefficient (Wildman–Crippen LogP) is -0.672. The Labute approximate surface area is 105 Å². The molecule has 0 bridgehead atoms. The van der Waals surface area contributed by atoms with Gasteiger partial charge in [0.2, 0.25) is 0 Å². The number of methoxy groups -OCH3 is 2. The molecule has 1 aliphatic rings. The number of hydrogen-bond donors (Lipinski definition) is 1. The van der Waals surface area contributed by atoms with Crippen molar-refractivity contribution in [3.63, 3.8) is 0 Å². The fraction of sp³-hybridized carbons (Fsp3) is 0.778. The highest BCUT2D eigenvalue weighted by molar-refractivity contribution is 7.87. The zero-order chi connectivity index (χ0) is 13.9. The zero-order valence-electron chi connectivity index (χ0n) is 10.4. The minimum Gasteiger partial charge on any atom is -0.469 e. The van der Waals surface area contributed by atoms with Crippen molar-refractivity contribution in [3.05, 3.63) is 0 Å². The Kier molecular flexibility index (Phi) is 4.52. The molecule has 0 aromatic rings. The standard InChI is InChI=1S/C9H16N2O6S/c1-6-4-11(5-7(6)8(12)16-2)18(14,15)10-9(13)17-3/h6-7H,4-5H2,1-3H3,(H,10,13). The normalized spacial score (nSPS) is 24.6. The highest BCUT2D eigenvalue weighted by Crippen LogP contribution is 2.25. The molecule has 2 unspecified atom stereocenters. The first-order valence-electron chi connectivity index (χ1n) is 5.25. The molecular weight excluding hydrogens is 264 g/mol. The molecule has 1 aliphatic heterocycles. The molecule has 9 heteroatoms. The van der Waals surface area contributed by atoms with E-state index in [1.165, 1.54) is 7.11 Å². The van der Waals surface area contributed by atoms with Gasteiger partial charge in [0.25, 0.3) is 0 Å². The number of hydrogen-bond acceptors (Lipinski definition) is 6. The van der Waals surface area contributed by atoms with Crippen molar-refractivity contribution in [2.24, 2.45) is 11.8 Å². The molecule has 1 N–H and O–H groups in total. The summed E-state index contributed by atoms with van der Waals surface area (Å²) in [6.45, 7) is 1.88. The molecule has 1 saturated heterocycles. The number of esters is 1. The molecule has 1 amide bonds. The highest BCUT2D eigenvalue weighted by Gasteiger charge is 2.41. The first-order chi connectivity index (χ1) is 8.31. The van der Waals surface area contributed by atoms with Gasteiger partial charge in [-0.2, -0.15) is 12.7 Å². The molecule has 104 valence electrons. The van der Waals surface area contributed by atoms with Crippen LogP contribution in [0.2, 0.25) is 0 Å². The first kappa shape index (κ1) is 14.7. The summed E-state index contributed by atoms with van der Waals surface area (Å²) in [7, 11) is -1.66. The largest absolute Gasteiger partial charge is 0.469 e. The Morgan fingerprint density at radius 3 is 2.33 bits per heavy atom. The number of carbonyl (C=O) groups is 2. The molecule has 0 saturated carbocycles. The number of nitrogens with zero attached hydrogens (tertiary/aromatic N) is 1. The number of nitrogens with one attached hydrogen (secondary N) is 1. The first-order valence-corrected chi connectivity index (χ1v) is 6.69. The summed E-state index contributed by atoms with van der Waals surface area (Å²) in [6, 6.07) is 0. The summed E-state index contributed by atoms with van der Waals surface area (Å²) >= 11 is 0. The summed E-state index contributed by atoms with van der Waals surface area (Å²) in [6.07, 6.45) is -1.07. The van der Waals surface area contributed by atoms with Crippen LogP contribution in [0, 0.1) is 11.8 Å². The van der Waals surface area contributed by atoms with Gasteiger partial charge in [-0.05, 0) is 5.92 Å².